The average molecular weight is 264 g/mol. The first kappa shape index (κ1) is 12.4. The van der Waals surface area contributed by atoms with Crippen LogP contribution in [0.2, 0.25) is 0 Å². The van der Waals surface area contributed by atoms with Crippen LogP contribution in [0.4, 0.5) is 5.82 Å². The van der Waals surface area contributed by atoms with Crippen molar-refractivity contribution < 1.29 is 0 Å². The van der Waals surface area contributed by atoms with E-state index in [0.29, 0.717) is 6.54 Å². The summed E-state index contributed by atoms with van der Waals surface area (Å²) in [6, 6.07) is 14.3. The highest BCUT2D eigenvalue weighted by Crippen LogP contribution is 2.19. The molecule has 0 aliphatic heterocycles. The van der Waals surface area contributed by atoms with Gasteiger partial charge in [0, 0.05) is 25.0 Å². The maximum atomic E-state index is 4.44. The summed E-state index contributed by atoms with van der Waals surface area (Å²) in [5.74, 6) is 0.867. The van der Waals surface area contributed by atoms with Gasteiger partial charge >= 0.3 is 0 Å². The van der Waals surface area contributed by atoms with Crippen molar-refractivity contribution in [3.63, 3.8) is 0 Å². The number of aryl methyl sites for hydroxylation is 1. The molecule has 0 fully saturated rings. The fourth-order valence-corrected chi connectivity index (χ4v) is 2.04. The Bertz CT molecular complexity index is 671. The van der Waals surface area contributed by atoms with Crippen LogP contribution in [0.15, 0.2) is 61.2 Å². The lowest BCUT2D eigenvalue weighted by Gasteiger charge is -2.07. The van der Waals surface area contributed by atoms with Gasteiger partial charge in [0.05, 0.1) is 18.6 Å². The number of nitrogens with zero attached hydrogens (tertiary/aromatic N) is 3. The van der Waals surface area contributed by atoms with Crippen molar-refractivity contribution >= 4 is 5.82 Å². The molecular formula is C16H16N4. The summed E-state index contributed by atoms with van der Waals surface area (Å²) >= 11 is 0. The molecule has 4 heteroatoms. The fourth-order valence-electron chi connectivity index (χ4n) is 2.04. The number of anilines is 1. The monoisotopic (exact) mass is 264 g/mol. The molecule has 0 spiro atoms. The Morgan fingerprint density at radius 1 is 1.00 bits per heavy atom. The summed E-state index contributed by atoms with van der Waals surface area (Å²) in [7, 11) is 1.98. The third-order valence-electron chi connectivity index (χ3n) is 3.24. The molecule has 0 aliphatic carbocycles. The zero-order valence-electron chi connectivity index (χ0n) is 11.3. The van der Waals surface area contributed by atoms with Gasteiger partial charge in [-0.05, 0) is 17.7 Å². The van der Waals surface area contributed by atoms with Crippen LogP contribution in [-0.2, 0) is 13.6 Å². The molecule has 2 aromatic heterocycles. The molecule has 0 bridgehead atoms. The topological polar surface area (TPSA) is 42.7 Å². The van der Waals surface area contributed by atoms with E-state index >= 15 is 0 Å². The van der Waals surface area contributed by atoms with Crippen molar-refractivity contribution in [1.29, 1.82) is 0 Å². The SMILES string of the molecule is Cn1cncc1CNc1ccc(-c2ccccc2)cn1. The Balaban J connectivity index is 1.69. The largest absolute Gasteiger partial charge is 0.364 e. The van der Waals surface area contributed by atoms with Crippen LogP contribution in [0.3, 0.4) is 0 Å². The van der Waals surface area contributed by atoms with E-state index in [1.165, 1.54) is 5.56 Å². The number of nitrogens with one attached hydrogen (secondary N) is 1. The molecule has 20 heavy (non-hydrogen) atoms. The molecule has 0 saturated carbocycles. The normalized spacial score (nSPS) is 10.4. The van der Waals surface area contributed by atoms with E-state index in [9.17, 15) is 0 Å². The van der Waals surface area contributed by atoms with E-state index in [0.717, 1.165) is 17.1 Å². The first-order valence-corrected chi connectivity index (χ1v) is 6.53. The maximum Gasteiger partial charge on any atom is 0.126 e. The minimum atomic E-state index is 0.716. The number of hydrogen-bond acceptors (Lipinski definition) is 3. The lowest BCUT2D eigenvalue weighted by atomic mass is 10.1. The Labute approximate surface area is 118 Å². The molecule has 0 aliphatic rings. The third-order valence-corrected chi connectivity index (χ3v) is 3.24. The number of aromatic nitrogens is 3. The average Bonchev–Trinajstić information content (AvgIpc) is 2.92. The predicted octanol–water partition coefficient (Wildman–Crippen LogP) is 3.09. The van der Waals surface area contributed by atoms with Gasteiger partial charge in [0.15, 0.2) is 0 Å². The number of rotatable bonds is 4. The van der Waals surface area contributed by atoms with E-state index in [2.05, 4.69) is 33.5 Å². The van der Waals surface area contributed by atoms with Gasteiger partial charge in [0.2, 0.25) is 0 Å². The minimum Gasteiger partial charge on any atom is -0.364 e. The first-order valence-electron chi connectivity index (χ1n) is 6.53. The zero-order chi connectivity index (χ0) is 13.8. The van der Waals surface area contributed by atoms with Gasteiger partial charge in [-0.3, -0.25) is 0 Å². The minimum absolute atomic E-state index is 0.716. The lowest BCUT2D eigenvalue weighted by molar-refractivity contribution is 0.835. The molecule has 2 heterocycles. The van der Waals surface area contributed by atoms with Gasteiger partial charge in [0.1, 0.15) is 5.82 Å². The molecule has 3 rings (SSSR count). The molecule has 1 aromatic carbocycles. The van der Waals surface area contributed by atoms with Crippen molar-refractivity contribution in [2.75, 3.05) is 5.32 Å². The van der Waals surface area contributed by atoms with Crippen LogP contribution in [0, 0.1) is 0 Å². The molecule has 4 nitrogen and oxygen atoms in total. The summed E-state index contributed by atoms with van der Waals surface area (Å²) < 4.78 is 1.99. The van der Waals surface area contributed by atoms with Gasteiger partial charge in [0.25, 0.3) is 0 Å². The molecule has 0 unspecified atom stereocenters. The number of hydrogen-bond donors (Lipinski definition) is 1. The number of benzene rings is 1. The van der Waals surface area contributed by atoms with E-state index in [1.807, 2.05) is 48.3 Å². The fraction of sp³-hybridized carbons (Fsp3) is 0.125. The summed E-state index contributed by atoms with van der Waals surface area (Å²) in [5.41, 5.74) is 3.42. The van der Waals surface area contributed by atoms with Crippen LogP contribution in [0.25, 0.3) is 11.1 Å². The van der Waals surface area contributed by atoms with E-state index in [4.69, 9.17) is 0 Å². The highest BCUT2D eigenvalue weighted by atomic mass is 15.1. The molecule has 0 amide bonds. The summed E-state index contributed by atoms with van der Waals surface area (Å²) in [4.78, 5) is 8.53. The van der Waals surface area contributed by atoms with E-state index in [-0.39, 0.29) is 0 Å². The second kappa shape index (κ2) is 5.57. The van der Waals surface area contributed by atoms with Crippen molar-refractivity contribution in [2.45, 2.75) is 6.54 Å². The quantitative estimate of drug-likeness (QED) is 0.787. The summed E-state index contributed by atoms with van der Waals surface area (Å²) in [5, 5.41) is 3.29. The standard InChI is InChI=1S/C16H16N4/c1-20-12-17-10-15(20)11-19-16-8-7-14(9-18-16)13-5-3-2-4-6-13/h2-10,12H,11H2,1H3,(H,18,19). The molecule has 0 radical (unpaired) electrons. The van der Waals surface area contributed by atoms with Gasteiger partial charge in [-0.1, -0.05) is 30.3 Å². The molecule has 0 atom stereocenters. The van der Waals surface area contributed by atoms with Crippen molar-refractivity contribution in [3.8, 4) is 11.1 Å². The molecule has 1 N–H and O–H groups in total. The van der Waals surface area contributed by atoms with Crippen LogP contribution < -0.4 is 5.32 Å². The number of pyridine rings is 1. The van der Waals surface area contributed by atoms with Crippen LogP contribution in [0.5, 0.6) is 0 Å². The third kappa shape index (κ3) is 2.69. The lowest BCUT2D eigenvalue weighted by Crippen LogP contribution is -2.05. The second-order valence-electron chi connectivity index (χ2n) is 4.65. The van der Waals surface area contributed by atoms with Gasteiger partial charge in [-0.15, -0.1) is 0 Å². The molecule has 0 saturated heterocycles. The van der Waals surface area contributed by atoms with Crippen molar-refractivity contribution in [3.05, 3.63) is 66.9 Å². The Hall–Kier alpha value is -2.62. The van der Waals surface area contributed by atoms with Crippen molar-refractivity contribution in [1.82, 2.24) is 14.5 Å². The smallest absolute Gasteiger partial charge is 0.126 e. The summed E-state index contributed by atoms with van der Waals surface area (Å²) in [6.45, 7) is 0.716. The first-order chi connectivity index (χ1) is 9.83. The highest BCUT2D eigenvalue weighted by molar-refractivity contribution is 5.63. The summed E-state index contributed by atoms with van der Waals surface area (Å²) in [6.07, 6.45) is 5.54. The molecule has 3 aromatic rings. The molecular weight excluding hydrogens is 248 g/mol. The second-order valence-corrected chi connectivity index (χ2v) is 4.65. The zero-order valence-corrected chi connectivity index (χ0v) is 11.3. The van der Waals surface area contributed by atoms with Crippen molar-refractivity contribution in [2.24, 2.45) is 7.05 Å². The Morgan fingerprint density at radius 3 is 2.50 bits per heavy atom. The van der Waals surface area contributed by atoms with Crippen LogP contribution >= 0.6 is 0 Å². The van der Waals surface area contributed by atoms with Crippen LogP contribution in [0.1, 0.15) is 5.69 Å². The van der Waals surface area contributed by atoms with E-state index in [1.54, 1.807) is 6.33 Å². The van der Waals surface area contributed by atoms with Gasteiger partial charge < -0.3 is 9.88 Å². The molecule has 100 valence electrons. The Kier molecular flexibility index (Phi) is 3.46. The highest BCUT2D eigenvalue weighted by Gasteiger charge is 2.00. The van der Waals surface area contributed by atoms with E-state index < -0.39 is 0 Å². The maximum absolute atomic E-state index is 4.44. The van der Waals surface area contributed by atoms with Gasteiger partial charge in [-0.2, -0.15) is 0 Å². The van der Waals surface area contributed by atoms with Gasteiger partial charge in [-0.25, -0.2) is 9.97 Å². The number of imidazole rings is 1. The predicted molar refractivity (Wildman–Crippen MR) is 80.2 cm³/mol. The Morgan fingerprint density at radius 2 is 1.85 bits per heavy atom. The van der Waals surface area contributed by atoms with Crippen LogP contribution in [-0.4, -0.2) is 14.5 Å².